The molecular formula is C24H21N3O6S. The molecule has 0 saturated heterocycles. The van der Waals surface area contributed by atoms with E-state index in [2.05, 4.69) is 10.3 Å². The van der Waals surface area contributed by atoms with Crippen LogP contribution in [0.25, 0.3) is 11.3 Å². The molecule has 0 fully saturated rings. The third kappa shape index (κ3) is 5.41. The van der Waals surface area contributed by atoms with Crippen LogP contribution in [0.4, 0.5) is 11.0 Å². The van der Waals surface area contributed by atoms with Crippen LogP contribution < -0.4 is 14.8 Å². The number of hydrogen-bond donors (Lipinski definition) is 1. The predicted octanol–water partition coefficient (Wildman–Crippen LogP) is 6.45. The maximum Gasteiger partial charge on any atom is 0.433 e. The summed E-state index contributed by atoms with van der Waals surface area (Å²) < 4.78 is 16.7. The number of aryl methyl sites for hydroxylation is 1. The van der Waals surface area contributed by atoms with Gasteiger partial charge in [0.1, 0.15) is 22.1 Å². The lowest BCUT2D eigenvalue weighted by atomic mass is 10.1. The van der Waals surface area contributed by atoms with Crippen molar-refractivity contribution in [3.05, 3.63) is 82.1 Å². The van der Waals surface area contributed by atoms with Gasteiger partial charge in [0, 0.05) is 5.56 Å². The Morgan fingerprint density at radius 3 is 2.44 bits per heavy atom. The first-order chi connectivity index (χ1) is 16.4. The van der Waals surface area contributed by atoms with Crippen LogP contribution >= 0.6 is 11.3 Å². The molecule has 10 heteroatoms. The fourth-order valence-corrected chi connectivity index (χ4v) is 3.81. The molecule has 0 saturated carbocycles. The smallest absolute Gasteiger partial charge is 0.433 e. The molecule has 0 aliphatic rings. The molecule has 2 heterocycles. The fourth-order valence-electron chi connectivity index (χ4n) is 2.96. The average Bonchev–Trinajstić information content (AvgIpc) is 3.47. The molecule has 174 valence electrons. The van der Waals surface area contributed by atoms with Crippen LogP contribution in [0.15, 0.2) is 65.1 Å². The molecule has 0 atom stereocenters. The number of aromatic nitrogens is 1. The summed E-state index contributed by atoms with van der Waals surface area (Å²) in [5.41, 5.74) is 2.41. The summed E-state index contributed by atoms with van der Waals surface area (Å²) in [6, 6.07) is 17.3. The highest BCUT2D eigenvalue weighted by Gasteiger charge is 2.21. The van der Waals surface area contributed by atoms with Crippen LogP contribution in [0.1, 0.15) is 29.5 Å². The quantitative estimate of drug-likeness (QED) is 0.216. The second-order valence-corrected chi connectivity index (χ2v) is 8.25. The van der Waals surface area contributed by atoms with Crippen molar-refractivity contribution in [3.63, 3.8) is 0 Å². The molecule has 0 radical (unpaired) electrons. The van der Waals surface area contributed by atoms with Crippen molar-refractivity contribution >= 4 is 28.3 Å². The molecule has 2 aromatic heterocycles. The van der Waals surface area contributed by atoms with Crippen molar-refractivity contribution < 1.29 is 23.6 Å². The van der Waals surface area contributed by atoms with Crippen LogP contribution in [-0.4, -0.2) is 22.4 Å². The lowest BCUT2D eigenvalue weighted by molar-refractivity contribution is -0.402. The van der Waals surface area contributed by atoms with Crippen molar-refractivity contribution in [2.75, 3.05) is 11.9 Å². The molecular weight excluding hydrogens is 458 g/mol. The van der Waals surface area contributed by atoms with Gasteiger partial charge in [0.2, 0.25) is 5.06 Å². The third-order valence-corrected chi connectivity index (χ3v) is 5.49. The van der Waals surface area contributed by atoms with Gasteiger partial charge >= 0.3 is 5.88 Å². The molecule has 0 unspecified atom stereocenters. The number of carbonyl (C=O) groups is 1. The Morgan fingerprint density at radius 1 is 1.09 bits per heavy atom. The van der Waals surface area contributed by atoms with E-state index in [4.69, 9.17) is 13.9 Å². The molecule has 0 spiro atoms. The molecule has 0 aliphatic heterocycles. The van der Waals surface area contributed by atoms with E-state index in [1.165, 1.54) is 6.07 Å². The third-order valence-electron chi connectivity index (χ3n) is 4.64. The van der Waals surface area contributed by atoms with Crippen molar-refractivity contribution in [2.24, 2.45) is 0 Å². The SMILES string of the molecule is CCCOc1ccc(-c2nc(NC(=O)c3ccc([N+](=O)[O-])o3)sc2Oc2ccc(C)cc2)cc1. The molecule has 0 bridgehead atoms. The van der Waals surface area contributed by atoms with Crippen molar-refractivity contribution in [2.45, 2.75) is 20.3 Å². The molecule has 1 amide bonds. The van der Waals surface area contributed by atoms with Crippen LogP contribution in [0.3, 0.4) is 0 Å². The topological polar surface area (TPSA) is 117 Å². The van der Waals surface area contributed by atoms with E-state index >= 15 is 0 Å². The summed E-state index contributed by atoms with van der Waals surface area (Å²) in [6.07, 6.45) is 0.907. The number of nitrogens with one attached hydrogen (secondary N) is 1. The van der Waals surface area contributed by atoms with Crippen LogP contribution in [0, 0.1) is 17.0 Å². The highest BCUT2D eigenvalue weighted by atomic mass is 32.1. The lowest BCUT2D eigenvalue weighted by Crippen LogP contribution is -2.10. The summed E-state index contributed by atoms with van der Waals surface area (Å²) in [6.45, 7) is 4.64. The second kappa shape index (κ2) is 10.2. The zero-order valence-corrected chi connectivity index (χ0v) is 19.3. The first-order valence-electron chi connectivity index (χ1n) is 10.5. The normalized spacial score (nSPS) is 10.6. The fraction of sp³-hybridized carbons (Fsp3) is 0.167. The van der Waals surface area contributed by atoms with E-state index in [1.54, 1.807) is 0 Å². The van der Waals surface area contributed by atoms with E-state index in [1.807, 2.05) is 62.4 Å². The van der Waals surface area contributed by atoms with Gasteiger partial charge in [-0.25, -0.2) is 4.98 Å². The number of hydrogen-bond acceptors (Lipinski definition) is 8. The van der Waals surface area contributed by atoms with E-state index in [-0.39, 0.29) is 10.9 Å². The summed E-state index contributed by atoms with van der Waals surface area (Å²) >= 11 is 1.14. The Bertz CT molecular complexity index is 1300. The molecule has 9 nitrogen and oxygen atoms in total. The van der Waals surface area contributed by atoms with Crippen LogP contribution in [0.5, 0.6) is 16.6 Å². The van der Waals surface area contributed by atoms with Gasteiger partial charge in [0.15, 0.2) is 10.9 Å². The van der Waals surface area contributed by atoms with Gasteiger partial charge in [-0.2, -0.15) is 0 Å². The van der Waals surface area contributed by atoms with Gasteiger partial charge in [-0.1, -0.05) is 36.0 Å². The number of benzene rings is 2. The van der Waals surface area contributed by atoms with E-state index in [0.717, 1.165) is 40.7 Å². The number of nitrogens with zero attached hydrogens (tertiary/aromatic N) is 2. The van der Waals surface area contributed by atoms with Gasteiger partial charge in [0.05, 0.1) is 12.7 Å². The number of thiazole rings is 1. The van der Waals surface area contributed by atoms with Crippen LogP contribution in [0.2, 0.25) is 0 Å². The van der Waals surface area contributed by atoms with Gasteiger partial charge in [0.25, 0.3) is 5.91 Å². The van der Waals surface area contributed by atoms with Crippen molar-refractivity contribution in [3.8, 4) is 27.8 Å². The number of nitro groups is 1. The van der Waals surface area contributed by atoms with Gasteiger partial charge in [-0.3, -0.25) is 20.2 Å². The summed E-state index contributed by atoms with van der Waals surface area (Å²) in [4.78, 5) is 27.2. The number of carbonyl (C=O) groups excluding carboxylic acids is 1. The molecule has 34 heavy (non-hydrogen) atoms. The number of ether oxygens (including phenoxy) is 2. The monoisotopic (exact) mass is 479 g/mol. The summed E-state index contributed by atoms with van der Waals surface area (Å²) in [7, 11) is 0. The molecule has 4 rings (SSSR count). The molecule has 0 aliphatic carbocycles. The second-order valence-electron chi connectivity index (χ2n) is 7.29. The van der Waals surface area contributed by atoms with Gasteiger partial charge in [-0.15, -0.1) is 0 Å². The Morgan fingerprint density at radius 2 is 1.79 bits per heavy atom. The Balaban J connectivity index is 1.62. The zero-order valence-electron chi connectivity index (χ0n) is 18.4. The average molecular weight is 480 g/mol. The molecule has 1 N–H and O–H groups in total. The minimum absolute atomic E-state index is 0.193. The first-order valence-corrected chi connectivity index (χ1v) is 11.3. The minimum atomic E-state index is -0.709. The minimum Gasteiger partial charge on any atom is -0.494 e. The maximum atomic E-state index is 12.5. The maximum absolute atomic E-state index is 12.5. The lowest BCUT2D eigenvalue weighted by Gasteiger charge is -2.07. The standard InChI is InChI=1S/C24H21N3O6S/c1-3-14-31-17-10-6-16(7-11-17)21-23(32-18-8-4-15(2)5-9-18)34-24(25-21)26-22(28)19-12-13-20(33-19)27(29)30/h4-13H,3,14H2,1-2H3,(H,25,26,28). The molecule has 2 aromatic carbocycles. The van der Waals surface area contributed by atoms with Gasteiger partial charge in [-0.05, 0) is 55.8 Å². The van der Waals surface area contributed by atoms with E-state index in [9.17, 15) is 14.9 Å². The number of anilines is 1. The Hall–Kier alpha value is -4.18. The Kier molecular flexibility index (Phi) is 6.88. The number of amides is 1. The van der Waals surface area contributed by atoms with E-state index in [0.29, 0.717) is 23.1 Å². The molecule has 4 aromatic rings. The summed E-state index contributed by atoms with van der Waals surface area (Å²) in [5.74, 6) is 0.00642. The van der Waals surface area contributed by atoms with Gasteiger partial charge < -0.3 is 13.9 Å². The summed E-state index contributed by atoms with van der Waals surface area (Å²) in [5, 5.41) is 14.2. The predicted molar refractivity (Wildman–Crippen MR) is 128 cm³/mol. The zero-order chi connectivity index (χ0) is 24.1. The van der Waals surface area contributed by atoms with E-state index < -0.39 is 16.7 Å². The van der Waals surface area contributed by atoms with Crippen molar-refractivity contribution in [1.82, 2.24) is 4.98 Å². The number of furan rings is 1. The van der Waals surface area contributed by atoms with Crippen molar-refractivity contribution in [1.29, 1.82) is 0 Å². The largest absolute Gasteiger partial charge is 0.494 e. The highest BCUT2D eigenvalue weighted by Crippen LogP contribution is 2.41. The Labute approximate surface area is 199 Å². The number of rotatable bonds is 9. The highest BCUT2D eigenvalue weighted by molar-refractivity contribution is 7.18. The first kappa shape index (κ1) is 23.0. The van der Waals surface area contributed by atoms with Crippen LogP contribution in [-0.2, 0) is 0 Å².